The van der Waals surface area contributed by atoms with Gasteiger partial charge in [-0.1, -0.05) is 29.8 Å². The maximum atomic E-state index is 13.4. The zero-order valence-electron chi connectivity index (χ0n) is 15.2. The van der Waals surface area contributed by atoms with Gasteiger partial charge in [0.1, 0.15) is 0 Å². The van der Waals surface area contributed by atoms with Crippen LogP contribution in [-0.2, 0) is 16.6 Å². The second-order valence-electron chi connectivity index (χ2n) is 6.81. The zero-order valence-corrected chi connectivity index (χ0v) is 16.0. The minimum Gasteiger partial charge on any atom is -0.348 e. The maximum Gasteiger partial charge on any atom is 0.269 e. The highest BCUT2D eigenvalue weighted by molar-refractivity contribution is 7.89. The summed E-state index contributed by atoms with van der Waals surface area (Å²) in [6.45, 7) is 2.86. The minimum atomic E-state index is -3.84. The third-order valence-corrected chi connectivity index (χ3v) is 6.92. The molecule has 7 nitrogen and oxygen atoms in total. The van der Waals surface area contributed by atoms with E-state index in [1.807, 2.05) is 49.5 Å². The first-order valence-corrected chi connectivity index (χ1v) is 10.3. The molecule has 1 atom stereocenters. The Morgan fingerprint density at radius 2 is 1.68 bits per heavy atom. The van der Waals surface area contributed by atoms with E-state index in [1.165, 1.54) is 28.6 Å². The van der Waals surface area contributed by atoms with E-state index in [4.69, 9.17) is 0 Å². The molecule has 144 valence electrons. The number of non-ortho nitro benzene ring substituents is 1. The van der Waals surface area contributed by atoms with Crippen molar-refractivity contribution in [3.8, 4) is 0 Å². The number of fused-ring (bicyclic) bond motifs is 1. The van der Waals surface area contributed by atoms with Gasteiger partial charge in [0.2, 0.25) is 10.0 Å². The largest absolute Gasteiger partial charge is 0.348 e. The van der Waals surface area contributed by atoms with Crippen LogP contribution in [0.25, 0.3) is 0 Å². The number of nitro groups is 1. The van der Waals surface area contributed by atoms with E-state index >= 15 is 0 Å². The highest BCUT2D eigenvalue weighted by atomic mass is 32.2. The topological polar surface area (TPSA) is 85.5 Å². The summed E-state index contributed by atoms with van der Waals surface area (Å²) < 4.78 is 30.3. The molecule has 1 aromatic heterocycles. The van der Waals surface area contributed by atoms with Crippen molar-refractivity contribution < 1.29 is 13.3 Å². The summed E-state index contributed by atoms with van der Waals surface area (Å²) in [5.41, 5.74) is 2.75. The quantitative estimate of drug-likeness (QED) is 0.498. The molecule has 4 rings (SSSR count). The Morgan fingerprint density at radius 3 is 2.32 bits per heavy atom. The van der Waals surface area contributed by atoms with Gasteiger partial charge >= 0.3 is 0 Å². The Kier molecular flexibility index (Phi) is 4.52. The van der Waals surface area contributed by atoms with Gasteiger partial charge in [-0.15, -0.1) is 0 Å². The predicted octanol–water partition coefficient (Wildman–Crippen LogP) is 3.50. The van der Waals surface area contributed by atoms with Crippen molar-refractivity contribution >= 4 is 15.7 Å². The Balaban J connectivity index is 1.80. The molecule has 2 aromatic carbocycles. The van der Waals surface area contributed by atoms with Crippen molar-refractivity contribution in [2.75, 3.05) is 6.54 Å². The molecule has 0 aliphatic carbocycles. The molecule has 0 unspecified atom stereocenters. The molecule has 0 saturated carbocycles. The summed E-state index contributed by atoms with van der Waals surface area (Å²) in [4.78, 5) is 10.4. The van der Waals surface area contributed by atoms with Gasteiger partial charge in [0.05, 0.1) is 15.9 Å². The highest BCUT2D eigenvalue weighted by Crippen LogP contribution is 2.36. The summed E-state index contributed by atoms with van der Waals surface area (Å²) >= 11 is 0. The van der Waals surface area contributed by atoms with Crippen LogP contribution in [0.5, 0.6) is 0 Å². The van der Waals surface area contributed by atoms with Crippen LogP contribution in [-0.4, -0.2) is 28.8 Å². The lowest BCUT2D eigenvalue weighted by Crippen LogP contribution is -2.42. The Labute approximate surface area is 163 Å². The summed E-state index contributed by atoms with van der Waals surface area (Å²) in [6, 6.07) is 16.3. The lowest BCUT2D eigenvalue weighted by Gasteiger charge is -2.36. The normalized spacial score (nSPS) is 17.2. The van der Waals surface area contributed by atoms with Crippen molar-refractivity contribution in [3.63, 3.8) is 0 Å². The van der Waals surface area contributed by atoms with Gasteiger partial charge in [-0.25, -0.2) is 8.42 Å². The molecule has 2 heterocycles. The number of nitro benzene ring substituents is 1. The lowest BCUT2D eigenvalue weighted by atomic mass is 10.0. The zero-order chi connectivity index (χ0) is 19.9. The first kappa shape index (κ1) is 18.4. The van der Waals surface area contributed by atoms with Crippen molar-refractivity contribution in [2.24, 2.45) is 0 Å². The van der Waals surface area contributed by atoms with Crippen LogP contribution in [0.4, 0.5) is 5.69 Å². The van der Waals surface area contributed by atoms with E-state index in [0.29, 0.717) is 13.1 Å². The smallest absolute Gasteiger partial charge is 0.269 e. The third kappa shape index (κ3) is 3.10. The molecular formula is C20H19N3O4S. The number of nitrogens with zero attached hydrogens (tertiary/aromatic N) is 3. The fraction of sp³-hybridized carbons (Fsp3) is 0.200. The summed E-state index contributed by atoms with van der Waals surface area (Å²) in [7, 11) is -3.84. The number of aryl methyl sites for hydroxylation is 1. The number of hydrogen-bond donors (Lipinski definition) is 0. The fourth-order valence-corrected chi connectivity index (χ4v) is 5.16. The molecule has 0 amide bonds. The Bertz CT molecular complexity index is 1120. The lowest BCUT2D eigenvalue weighted by molar-refractivity contribution is -0.384. The average molecular weight is 397 g/mol. The molecule has 0 bridgehead atoms. The molecular weight excluding hydrogens is 378 g/mol. The van der Waals surface area contributed by atoms with Crippen molar-refractivity contribution in [1.29, 1.82) is 0 Å². The van der Waals surface area contributed by atoms with Gasteiger partial charge in [-0.2, -0.15) is 4.31 Å². The standard InChI is InChI=1S/C20H19N3O4S/c1-15-4-6-16(7-5-15)20-19-3-2-12-21(19)13-14-22(20)28(26,27)18-10-8-17(9-11-18)23(24)25/h2-12,20H,13-14H2,1H3/t20-/m1/s1. The SMILES string of the molecule is Cc1ccc([C@@H]2c3cccn3CCN2S(=O)(=O)c2ccc([N+](=O)[O-])cc2)cc1. The number of hydrogen-bond acceptors (Lipinski definition) is 4. The molecule has 0 spiro atoms. The fourth-order valence-electron chi connectivity index (χ4n) is 3.58. The second-order valence-corrected chi connectivity index (χ2v) is 8.70. The molecule has 8 heteroatoms. The Morgan fingerprint density at radius 1 is 1.00 bits per heavy atom. The minimum absolute atomic E-state index is 0.0511. The van der Waals surface area contributed by atoms with E-state index in [1.54, 1.807) is 0 Å². The Hall–Kier alpha value is -2.97. The summed E-state index contributed by atoms with van der Waals surface area (Å²) in [6.07, 6.45) is 1.95. The number of aromatic nitrogens is 1. The molecule has 0 fully saturated rings. The molecule has 1 aliphatic rings. The maximum absolute atomic E-state index is 13.4. The van der Waals surface area contributed by atoms with Crippen LogP contribution < -0.4 is 0 Å². The molecule has 1 aliphatic heterocycles. The van der Waals surface area contributed by atoms with Crippen molar-refractivity contribution in [2.45, 2.75) is 24.4 Å². The first-order valence-electron chi connectivity index (χ1n) is 8.86. The molecule has 0 radical (unpaired) electrons. The van der Waals surface area contributed by atoms with Crippen LogP contribution in [0.15, 0.2) is 71.8 Å². The van der Waals surface area contributed by atoms with Crippen LogP contribution in [0.1, 0.15) is 22.9 Å². The van der Waals surface area contributed by atoms with Gasteiger partial charge in [0.15, 0.2) is 0 Å². The number of benzene rings is 2. The van der Waals surface area contributed by atoms with Crippen LogP contribution in [0, 0.1) is 17.0 Å². The van der Waals surface area contributed by atoms with E-state index in [0.717, 1.165) is 16.8 Å². The molecule has 0 N–H and O–H groups in total. The average Bonchev–Trinajstić information content (AvgIpc) is 3.17. The molecule has 3 aromatic rings. The summed E-state index contributed by atoms with van der Waals surface area (Å²) in [5.74, 6) is 0. The highest BCUT2D eigenvalue weighted by Gasteiger charge is 2.37. The van der Waals surface area contributed by atoms with Gasteiger partial charge in [-0.05, 0) is 36.8 Å². The predicted molar refractivity (Wildman–Crippen MR) is 104 cm³/mol. The van der Waals surface area contributed by atoms with Crippen molar-refractivity contribution in [1.82, 2.24) is 8.87 Å². The van der Waals surface area contributed by atoms with Gasteiger partial charge < -0.3 is 4.57 Å². The van der Waals surface area contributed by atoms with Crippen LogP contribution >= 0.6 is 0 Å². The van der Waals surface area contributed by atoms with E-state index < -0.39 is 21.0 Å². The summed E-state index contributed by atoms with van der Waals surface area (Å²) in [5, 5.41) is 10.9. The third-order valence-electron chi connectivity index (χ3n) is 5.04. The van der Waals surface area contributed by atoms with Crippen LogP contribution in [0.2, 0.25) is 0 Å². The first-order chi connectivity index (χ1) is 13.4. The van der Waals surface area contributed by atoms with E-state index in [-0.39, 0.29) is 10.6 Å². The second kappa shape index (κ2) is 6.88. The monoisotopic (exact) mass is 397 g/mol. The number of rotatable bonds is 4. The molecule has 28 heavy (non-hydrogen) atoms. The van der Waals surface area contributed by atoms with Gasteiger partial charge in [0.25, 0.3) is 5.69 Å². The van der Waals surface area contributed by atoms with Gasteiger partial charge in [0, 0.05) is 37.1 Å². The molecule has 0 saturated heterocycles. The van der Waals surface area contributed by atoms with E-state index in [2.05, 4.69) is 4.57 Å². The van der Waals surface area contributed by atoms with Crippen LogP contribution in [0.3, 0.4) is 0 Å². The van der Waals surface area contributed by atoms with Gasteiger partial charge in [-0.3, -0.25) is 10.1 Å². The number of sulfonamides is 1. The van der Waals surface area contributed by atoms with Crippen molar-refractivity contribution in [3.05, 3.63) is 93.8 Å². The van der Waals surface area contributed by atoms with E-state index in [9.17, 15) is 18.5 Å².